The van der Waals surface area contributed by atoms with Crippen molar-refractivity contribution in [3.8, 4) is 22.3 Å². The van der Waals surface area contributed by atoms with Gasteiger partial charge in [-0.15, -0.1) is 0 Å². The van der Waals surface area contributed by atoms with Crippen LogP contribution in [0.15, 0.2) is 58.1 Å². The molecule has 0 fully saturated rings. The van der Waals surface area contributed by atoms with Gasteiger partial charge in [0.05, 0.1) is 5.56 Å². The molecule has 1 heterocycles. The van der Waals surface area contributed by atoms with Crippen molar-refractivity contribution >= 4 is 21.2 Å². The molecule has 0 amide bonds. The molecule has 8 heteroatoms. The Morgan fingerprint density at radius 3 is 2.08 bits per heavy atom. The van der Waals surface area contributed by atoms with Crippen LogP contribution in [0.3, 0.4) is 0 Å². The highest BCUT2D eigenvalue weighted by Crippen LogP contribution is 2.38. The molecular formula is C18H12F4O2S2. The minimum atomic E-state index is -4.46. The summed E-state index contributed by atoms with van der Waals surface area (Å²) in [5, 5.41) is 3.36. The highest BCUT2D eigenvalue weighted by molar-refractivity contribution is 7.90. The average molecular weight is 400 g/mol. The van der Waals surface area contributed by atoms with E-state index in [2.05, 4.69) is 0 Å². The molecule has 3 aromatic rings. The number of benzene rings is 2. The second kappa shape index (κ2) is 6.51. The van der Waals surface area contributed by atoms with Crippen molar-refractivity contribution in [1.82, 2.24) is 0 Å². The fourth-order valence-corrected chi connectivity index (χ4v) is 4.17. The Balaban J connectivity index is 2.09. The first-order valence-electron chi connectivity index (χ1n) is 7.31. The van der Waals surface area contributed by atoms with Crippen LogP contribution in [-0.2, 0) is 16.0 Å². The summed E-state index contributed by atoms with van der Waals surface area (Å²) < 4.78 is 76.0. The van der Waals surface area contributed by atoms with Crippen molar-refractivity contribution in [3.63, 3.8) is 0 Å². The highest BCUT2D eigenvalue weighted by atomic mass is 32.2. The lowest BCUT2D eigenvalue weighted by Gasteiger charge is -2.10. The number of alkyl halides is 3. The number of sulfone groups is 1. The molecule has 1 aromatic heterocycles. The Hall–Kier alpha value is -2.19. The van der Waals surface area contributed by atoms with Crippen LogP contribution < -0.4 is 0 Å². The first-order chi connectivity index (χ1) is 12.1. The van der Waals surface area contributed by atoms with Crippen molar-refractivity contribution in [2.75, 3.05) is 6.26 Å². The van der Waals surface area contributed by atoms with Crippen LogP contribution in [0.5, 0.6) is 0 Å². The maximum absolute atomic E-state index is 14.2. The van der Waals surface area contributed by atoms with Crippen LogP contribution in [0.1, 0.15) is 5.56 Å². The van der Waals surface area contributed by atoms with E-state index in [9.17, 15) is 26.0 Å². The third kappa shape index (κ3) is 3.66. The number of hydrogen-bond acceptors (Lipinski definition) is 3. The third-order valence-corrected chi connectivity index (χ3v) is 5.68. The topological polar surface area (TPSA) is 34.1 Å². The maximum atomic E-state index is 14.2. The van der Waals surface area contributed by atoms with Crippen LogP contribution in [0.2, 0.25) is 0 Å². The molecule has 0 saturated carbocycles. The van der Waals surface area contributed by atoms with Gasteiger partial charge in [-0.25, -0.2) is 12.8 Å². The van der Waals surface area contributed by atoms with Gasteiger partial charge in [0.15, 0.2) is 9.84 Å². The number of hydrogen-bond donors (Lipinski definition) is 0. The van der Waals surface area contributed by atoms with Crippen molar-refractivity contribution in [3.05, 3.63) is 64.6 Å². The average Bonchev–Trinajstić information content (AvgIpc) is 3.02. The van der Waals surface area contributed by atoms with E-state index in [1.807, 2.05) is 0 Å². The lowest BCUT2D eigenvalue weighted by Crippen LogP contribution is -2.04. The largest absolute Gasteiger partial charge is 0.416 e. The van der Waals surface area contributed by atoms with Crippen molar-refractivity contribution < 1.29 is 26.0 Å². The number of rotatable bonds is 3. The van der Waals surface area contributed by atoms with E-state index in [0.29, 0.717) is 22.3 Å². The Morgan fingerprint density at radius 2 is 1.54 bits per heavy atom. The van der Waals surface area contributed by atoms with Gasteiger partial charge in [0.1, 0.15) is 10.7 Å². The van der Waals surface area contributed by atoms with E-state index in [4.69, 9.17) is 0 Å². The van der Waals surface area contributed by atoms with E-state index >= 15 is 0 Å². The number of thiophene rings is 1. The molecule has 0 aliphatic carbocycles. The first kappa shape index (κ1) is 18.6. The van der Waals surface area contributed by atoms with Gasteiger partial charge < -0.3 is 0 Å². The predicted molar refractivity (Wildman–Crippen MR) is 93.3 cm³/mol. The zero-order valence-corrected chi connectivity index (χ0v) is 15.0. The molecule has 136 valence electrons. The second-order valence-electron chi connectivity index (χ2n) is 5.70. The maximum Gasteiger partial charge on any atom is 0.416 e. The predicted octanol–water partition coefficient (Wildman–Crippen LogP) is 5.64. The van der Waals surface area contributed by atoms with Gasteiger partial charge in [0, 0.05) is 17.4 Å². The van der Waals surface area contributed by atoms with Gasteiger partial charge in [0.25, 0.3) is 0 Å². The SMILES string of the molecule is CS(=O)(=O)c1ccc(-c2cscc2-c2cccc(C(F)(F)F)c2)cc1F. The summed E-state index contributed by atoms with van der Waals surface area (Å²) in [6.07, 6.45) is -3.56. The zero-order valence-electron chi connectivity index (χ0n) is 13.3. The second-order valence-corrected chi connectivity index (χ2v) is 8.42. The molecule has 3 rings (SSSR count). The molecule has 0 atom stereocenters. The third-order valence-electron chi connectivity index (χ3n) is 3.81. The normalized spacial score (nSPS) is 12.3. The standard InChI is InChI=1S/C18H12F4O2S2/c1-26(23,24)17-6-5-12(8-16(17)19)15-10-25-9-14(15)11-3-2-4-13(7-11)18(20,21)22/h2-10H,1H3. The summed E-state index contributed by atoms with van der Waals surface area (Å²) in [6.45, 7) is 0. The lowest BCUT2D eigenvalue weighted by atomic mass is 9.97. The van der Waals surface area contributed by atoms with Gasteiger partial charge in [-0.05, 0) is 46.2 Å². The molecule has 0 spiro atoms. The molecule has 0 radical (unpaired) electrons. The summed E-state index contributed by atoms with van der Waals surface area (Å²) in [6, 6.07) is 8.56. The van der Waals surface area contributed by atoms with Crippen molar-refractivity contribution in [1.29, 1.82) is 0 Å². The molecule has 26 heavy (non-hydrogen) atoms. The molecule has 0 saturated heterocycles. The minimum absolute atomic E-state index is 0.351. The molecule has 0 aliphatic rings. The van der Waals surface area contributed by atoms with Crippen LogP contribution >= 0.6 is 11.3 Å². The van der Waals surface area contributed by atoms with E-state index in [0.717, 1.165) is 30.5 Å². The molecule has 0 bridgehead atoms. The van der Waals surface area contributed by atoms with Crippen LogP contribution in [-0.4, -0.2) is 14.7 Å². The Bertz CT molecular complexity index is 1070. The van der Waals surface area contributed by atoms with E-state index in [-0.39, 0.29) is 0 Å². The fourth-order valence-electron chi connectivity index (χ4n) is 2.58. The fraction of sp³-hybridized carbons (Fsp3) is 0.111. The molecule has 0 N–H and O–H groups in total. The Labute approximate surface area is 151 Å². The summed E-state index contributed by atoms with van der Waals surface area (Å²) in [7, 11) is -3.70. The van der Waals surface area contributed by atoms with Gasteiger partial charge in [-0.1, -0.05) is 18.2 Å². The van der Waals surface area contributed by atoms with E-state index in [1.165, 1.54) is 23.5 Å². The Morgan fingerprint density at radius 1 is 0.923 bits per heavy atom. The summed E-state index contributed by atoms with van der Waals surface area (Å²) in [5.74, 6) is -0.897. The Kier molecular flexibility index (Phi) is 4.66. The molecule has 0 aliphatic heterocycles. The van der Waals surface area contributed by atoms with Gasteiger partial charge in [-0.2, -0.15) is 24.5 Å². The lowest BCUT2D eigenvalue weighted by molar-refractivity contribution is -0.137. The minimum Gasteiger partial charge on any atom is -0.224 e. The zero-order chi connectivity index (χ0) is 19.1. The van der Waals surface area contributed by atoms with Crippen LogP contribution in [0, 0.1) is 5.82 Å². The quantitative estimate of drug-likeness (QED) is 0.533. The molecule has 2 nitrogen and oxygen atoms in total. The van der Waals surface area contributed by atoms with Gasteiger partial charge in [0.2, 0.25) is 0 Å². The van der Waals surface area contributed by atoms with E-state index in [1.54, 1.807) is 16.8 Å². The van der Waals surface area contributed by atoms with Crippen molar-refractivity contribution in [2.45, 2.75) is 11.1 Å². The summed E-state index contributed by atoms with van der Waals surface area (Å²) in [5.41, 5.74) is 1.03. The van der Waals surface area contributed by atoms with E-state index < -0.39 is 32.3 Å². The molecular weight excluding hydrogens is 388 g/mol. The highest BCUT2D eigenvalue weighted by Gasteiger charge is 2.30. The van der Waals surface area contributed by atoms with Gasteiger partial charge in [-0.3, -0.25) is 0 Å². The number of halogens is 4. The first-order valence-corrected chi connectivity index (χ1v) is 10.1. The summed E-state index contributed by atoms with van der Waals surface area (Å²) >= 11 is 1.26. The monoisotopic (exact) mass is 400 g/mol. The smallest absolute Gasteiger partial charge is 0.224 e. The van der Waals surface area contributed by atoms with Crippen molar-refractivity contribution in [2.24, 2.45) is 0 Å². The molecule has 0 unspecified atom stereocenters. The summed E-state index contributed by atoms with van der Waals surface area (Å²) in [4.78, 5) is -0.419. The molecule has 2 aromatic carbocycles. The van der Waals surface area contributed by atoms with Gasteiger partial charge >= 0.3 is 6.18 Å². The van der Waals surface area contributed by atoms with Crippen LogP contribution in [0.25, 0.3) is 22.3 Å². The van der Waals surface area contributed by atoms with Crippen LogP contribution in [0.4, 0.5) is 17.6 Å².